The molecule has 7 nitrogen and oxygen atoms in total. The van der Waals surface area contributed by atoms with Crippen molar-refractivity contribution in [3.63, 3.8) is 0 Å². The van der Waals surface area contributed by atoms with E-state index in [4.69, 9.17) is 4.74 Å². The van der Waals surface area contributed by atoms with Gasteiger partial charge in [0, 0.05) is 65.2 Å². The molecule has 1 saturated heterocycles. The fourth-order valence-electron chi connectivity index (χ4n) is 3.91. The van der Waals surface area contributed by atoms with E-state index >= 15 is 0 Å². The maximum Gasteiger partial charge on any atom is 0.219 e. The number of nitrogens with one attached hydrogen (secondary N) is 2. The minimum Gasteiger partial charge on any atom is -0.487 e. The number of piperazine rings is 1. The molecule has 2 N–H and O–H groups in total. The zero-order chi connectivity index (χ0) is 20.1. The van der Waals surface area contributed by atoms with Crippen molar-refractivity contribution in [2.45, 2.75) is 38.8 Å². The van der Waals surface area contributed by atoms with Crippen LogP contribution in [0.1, 0.15) is 38.8 Å². The number of carbonyl (C=O) groups excluding carboxylic acids is 1. The van der Waals surface area contributed by atoms with Crippen LogP contribution in [0.3, 0.4) is 0 Å². The van der Waals surface area contributed by atoms with Crippen molar-refractivity contribution in [3.05, 3.63) is 29.8 Å². The summed E-state index contributed by atoms with van der Waals surface area (Å²) in [6, 6.07) is 8.36. The van der Waals surface area contributed by atoms with Crippen LogP contribution in [0, 0.1) is 0 Å². The van der Waals surface area contributed by atoms with Gasteiger partial charge in [0.2, 0.25) is 5.91 Å². The third kappa shape index (κ3) is 6.47. The number of fused-ring (bicyclic) bond motifs is 1. The lowest BCUT2D eigenvalue weighted by Gasteiger charge is -2.38. The van der Waals surface area contributed by atoms with Gasteiger partial charge in [-0.25, -0.2) is 0 Å². The van der Waals surface area contributed by atoms with Gasteiger partial charge in [-0.05, 0) is 19.9 Å². The van der Waals surface area contributed by atoms with Gasteiger partial charge in [-0.3, -0.25) is 14.7 Å². The summed E-state index contributed by atoms with van der Waals surface area (Å²) < 4.78 is 6.12. The Bertz CT molecular complexity index is 717. The molecule has 8 heteroatoms. The van der Waals surface area contributed by atoms with Crippen LogP contribution in [0.25, 0.3) is 0 Å². The van der Waals surface area contributed by atoms with Gasteiger partial charge >= 0.3 is 0 Å². The molecule has 1 amide bonds. The molecule has 0 bridgehead atoms. The molecule has 2 aliphatic rings. The number of para-hydroxylation sites is 1. The number of ether oxygens (including phenoxy) is 1. The minimum atomic E-state index is -0.221. The number of aliphatic imine (C=N–C) groups is 1. The number of hydrogen-bond donors (Lipinski definition) is 2. The van der Waals surface area contributed by atoms with Gasteiger partial charge in [-0.1, -0.05) is 18.2 Å². The standard InChI is InChI=1S/C21H33N5O2.HI/c1-16(27)26-13-11-25(12-14-26)10-9-23-20(22-4)24-18-15-21(2,3)28-19-8-6-5-7-17(18)19;/h5-8,18H,9-15H2,1-4H3,(H2,22,23,24);1H. The maximum atomic E-state index is 11.4. The number of halogens is 1. The maximum absolute atomic E-state index is 11.4. The zero-order valence-corrected chi connectivity index (χ0v) is 20.2. The van der Waals surface area contributed by atoms with Crippen molar-refractivity contribution in [1.29, 1.82) is 0 Å². The van der Waals surface area contributed by atoms with Gasteiger partial charge in [0.25, 0.3) is 0 Å². The van der Waals surface area contributed by atoms with Gasteiger partial charge in [-0.2, -0.15) is 0 Å². The quantitative estimate of drug-likeness (QED) is 0.366. The molecule has 0 aromatic heterocycles. The number of benzene rings is 1. The summed E-state index contributed by atoms with van der Waals surface area (Å²) in [6.45, 7) is 11.1. The smallest absolute Gasteiger partial charge is 0.219 e. The van der Waals surface area contributed by atoms with Crippen LogP contribution in [0.5, 0.6) is 5.75 Å². The van der Waals surface area contributed by atoms with Gasteiger partial charge in [0.15, 0.2) is 5.96 Å². The Balaban J connectivity index is 0.00000300. The van der Waals surface area contributed by atoms with Crippen molar-refractivity contribution in [1.82, 2.24) is 20.4 Å². The van der Waals surface area contributed by atoms with Crippen LogP contribution >= 0.6 is 24.0 Å². The van der Waals surface area contributed by atoms with Crippen LogP contribution in [0.2, 0.25) is 0 Å². The predicted octanol–water partition coefficient (Wildman–Crippen LogP) is 2.24. The van der Waals surface area contributed by atoms with Gasteiger partial charge in [0.1, 0.15) is 11.4 Å². The van der Waals surface area contributed by atoms with E-state index < -0.39 is 0 Å². The van der Waals surface area contributed by atoms with E-state index in [-0.39, 0.29) is 41.5 Å². The van der Waals surface area contributed by atoms with Crippen molar-refractivity contribution in [3.8, 4) is 5.75 Å². The first kappa shape index (κ1) is 23.7. The number of carbonyl (C=O) groups is 1. The Morgan fingerprint density at radius 3 is 2.59 bits per heavy atom. The first-order valence-corrected chi connectivity index (χ1v) is 10.1. The summed E-state index contributed by atoms with van der Waals surface area (Å²) in [5.74, 6) is 1.91. The predicted molar refractivity (Wildman–Crippen MR) is 127 cm³/mol. The molecule has 1 aromatic rings. The average molecular weight is 515 g/mol. The molecule has 0 radical (unpaired) electrons. The zero-order valence-electron chi connectivity index (χ0n) is 17.9. The lowest BCUT2D eigenvalue weighted by Crippen LogP contribution is -2.51. The number of hydrogen-bond acceptors (Lipinski definition) is 4. The Kier molecular flexibility index (Phi) is 8.57. The lowest BCUT2D eigenvalue weighted by atomic mass is 9.90. The average Bonchev–Trinajstić information content (AvgIpc) is 2.66. The summed E-state index contributed by atoms with van der Waals surface area (Å²) >= 11 is 0. The van der Waals surface area contributed by atoms with Crippen LogP contribution in [0.15, 0.2) is 29.3 Å². The third-order valence-electron chi connectivity index (χ3n) is 5.45. The summed E-state index contributed by atoms with van der Waals surface area (Å²) in [5, 5.41) is 7.00. The van der Waals surface area contributed by atoms with Crippen LogP contribution < -0.4 is 15.4 Å². The molecular formula is C21H34IN5O2. The second-order valence-corrected chi connectivity index (χ2v) is 8.15. The first-order chi connectivity index (χ1) is 13.4. The van der Waals surface area contributed by atoms with Gasteiger partial charge < -0.3 is 20.3 Å². The van der Waals surface area contributed by atoms with E-state index in [0.717, 1.165) is 57.4 Å². The van der Waals surface area contributed by atoms with Crippen molar-refractivity contribution < 1.29 is 9.53 Å². The largest absolute Gasteiger partial charge is 0.487 e. The Hall–Kier alpha value is -1.55. The SMILES string of the molecule is CN=C(NCCN1CCN(C(C)=O)CC1)NC1CC(C)(C)Oc2ccccc21.I. The molecule has 1 unspecified atom stereocenters. The number of nitrogens with zero attached hydrogens (tertiary/aromatic N) is 3. The molecule has 2 heterocycles. The molecule has 0 aliphatic carbocycles. The Labute approximate surface area is 191 Å². The van der Waals surface area contributed by atoms with E-state index in [0.29, 0.717) is 0 Å². The molecule has 1 atom stereocenters. The molecule has 1 fully saturated rings. The van der Waals surface area contributed by atoms with E-state index in [9.17, 15) is 4.79 Å². The second kappa shape index (κ2) is 10.5. The van der Waals surface area contributed by atoms with E-state index in [1.807, 2.05) is 23.1 Å². The third-order valence-corrected chi connectivity index (χ3v) is 5.45. The summed E-state index contributed by atoms with van der Waals surface area (Å²) in [7, 11) is 1.80. The van der Waals surface area contributed by atoms with Crippen LogP contribution in [-0.4, -0.2) is 73.6 Å². The molecule has 0 saturated carbocycles. The molecule has 29 heavy (non-hydrogen) atoms. The molecule has 2 aliphatic heterocycles. The number of rotatable bonds is 4. The Morgan fingerprint density at radius 1 is 1.24 bits per heavy atom. The van der Waals surface area contributed by atoms with Crippen LogP contribution in [0.4, 0.5) is 0 Å². The van der Waals surface area contributed by atoms with Gasteiger partial charge in [0.05, 0.1) is 6.04 Å². The van der Waals surface area contributed by atoms with E-state index in [2.05, 4.69) is 40.4 Å². The van der Waals surface area contributed by atoms with Gasteiger partial charge in [-0.15, -0.1) is 24.0 Å². The molecule has 1 aromatic carbocycles. The Morgan fingerprint density at radius 2 is 1.93 bits per heavy atom. The van der Waals surface area contributed by atoms with Crippen molar-refractivity contribution in [2.24, 2.45) is 4.99 Å². The fourth-order valence-corrected chi connectivity index (χ4v) is 3.91. The lowest BCUT2D eigenvalue weighted by molar-refractivity contribution is -0.130. The molecule has 0 spiro atoms. The summed E-state index contributed by atoms with van der Waals surface area (Å²) in [4.78, 5) is 20.1. The first-order valence-electron chi connectivity index (χ1n) is 10.1. The number of guanidine groups is 1. The highest BCUT2D eigenvalue weighted by atomic mass is 127. The van der Waals surface area contributed by atoms with Crippen LogP contribution in [-0.2, 0) is 4.79 Å². The summed E-state index contributed by atoms with van der Waals surface area (Å²) in [6.07, 6.45) is 0.873. The minimum absolute atomic E-state index is 0. The highest BCUT2D eigenvalue weighted by molar-refractivity contribution is 14.0. The highest BCUT2D eigenvalue weighted by Gasteiger charge is 2.34. The van der Waals surface area contributed by atoms with E-state index in [1.54, 1.807) is 14.0 Å². The normalized spacial score (nSPS) is 21.4. The molecule has 162 valence electrons. The number of amides is 1. The molecule has 3 rings (SSSR count). The van der Waals surface area contributed by atoms with Crippen molar-refractivity contribution >= 4 is 35.8 Å². The second-order valence-electron chi connectivity index (χ2n) is 8.15. The monoisotopic (exact) mass is 515 g/mol. The molecular weight excluding hydrogens is 481 g/mol. The van der Waals surface area contributed by atoms with E-state index in [1.165, 1.54) is 5.56 Å². The fraction of sp³-hybridized carbons (Fsp3) is 0.619. The summed E-state index contributed by atoms with van der Waals surface area (Å²) in [5.41, 5.74) is 0.950. The van der Waals surface area contributed by atoms with Crippen molar-refractivity contribution in [2.75, 3.05) is 46.3 Å². The highest BCUT2D eigenvalue weighted by Crippen LogP contribution is 2.39. The topological polar surface area (TPSA) is 69.2 Å².